The van der Waals surface area contributed by atoms with E-state index >= 15 is 0 Å². The van der Waals surface area contributed by atoms with Gasteiger partial charge in [-0.3, -0.25) is 19.0 Å². The zero-order chi connectivity index (χ0) is 24.1. The van der Waals surface area contributed by atoms with Crippen LogP contribution in [-0.2, 0) is 23.8 Å². The molecule has 2 aromatic rings. The van der Waals surface area contributed by atoms with E-state index in [1.54, 1.807) is 24.3 Å². The molecule has 0 saturated carbocycles. The minimum absolute atomic E-state index is 0.0191. The summed E-state index contributed by atoms with van der Waals surface area (Å²) in [5.41, 5.74) is -0.504. The van der Waals surface area contributed by atoms with Gasteiger partial charge in [-0.15, -0.1) is 0 Å². The third kappa shape index (κ3) is 5.54. The Morgan fingerprint density at radius 3 is 2.27 bits per heavy atom. The summed E-state index contributed by atoms with van der Waals surface area (Å²) in [7, 11) is 1.51. The van der Waals surface area contributed by atoms with Gasteiger partial charge >= 0.3 is 17.6 Å². The maximum Gasteiger partial charge on any atom is 0.351 e. The van der Waals surface area contributed by atoms with Crippen LogP contribution in [0.4, 0.5) is 5.82 Å². The molecule has 12 heteroatoms. The van der Waals surface area contributed by atoms with E-state index in [4.69, 9.17) is 18.9 Å². The van der Waals surface area contributed by atoms with Crippen LogP contribution in [0.5, 0.6) is 5.75 Å². The number of rotatable bonds is 7. The van der Waals surface area contributed by atoms with Crippen molar-refractivity contribution in [3.8, 4) is 5.75 Å². The zero-order valence-electron chi connectivity index (χ0n) is 18.1. The van der Waals surface area contributed by atoms with Crippen LogP contribution in [0, 0.1) is 0 Å². The van der Waals surface area contributed by atoms with Gasteiger partial charge in [-0.1, -0.05) is 0 Å². The number of hydrogen-bond donors (Lipinski definition) is 2. The summed E-state index contributed by atoms with van der Waals surface area (Å²) >= 11 is 0. The predicted octanol–water partition coefficient (Wildman–Crippen LogP) is 0.257. The molecular weight excluding hydrogens is 438 g/mol. The predicted molar refractivity (Wildman–Crippen MR) is 112 cm³/mol. The number of ether oxygens (including phenoxy) is 4. The molecule has 1 aromatic carbocycles. The van der Waals surface area contributed by atoms with E-state index in [1.807, 2.05) is 0 Å². The summed E-state index contributed by atoms with van der Waals surface area (Å²) in [5, 5.41) is 12.1. The highest BCUT2D eigenvalue weighted by Crippen LogP contribution is 2.33. The standard InChI is InChI=1S/C21H23N3O9/c1-11(26)31-17-15(10-25)33-20(18(17)32-12(2)27)24-9-8-16(23-21(24)29)22-19(28)13-4-6-14(30-3)7-5-13/h4-9,15,17-18,20,25H,10H2,1-3H3,(H,22,23,28,29)/t15-,17-,18+,20-/m1/s1. The molecule has 1 aliphatic rings. The first-order chi connectivity index (χ1) is 15.7. The highest BCUT2D eigenvalue weighted by molar-refractivity contribution is 6.03. The lowest BCUT2D eigenvalue weighted by molar-refractivity contribution is -0.165. The maximum absolute atomic E-state index is 12.7. The number of hydrogen-bond acceptors (Lipinski definition) is 10. The van der Waals surface area contributed by atoms with E-state index in [1.165, 1.54) is 19.4 Å². The molecule has 0 radical (unpaired) electrons. The molecule has 0 bridgehead atoms. The molecular formula is C21H23N3O9. The van der Waals surface area contributed by atoms with Gasteiger partial charge in [0, 0.05) is 25.6 Å². The van der Waals surface area contributed by atoms with Crippen LogP contribution in [0.2, 0.25) is 0 Å². The van der Waals surface area contributed by atoms with Crippen molar-refractivity contribution in [3.05, 3.63) is 52.6 Å². The Morgan fingerprint density at radius 1 is 1.09 bits per heavy atom. The van der Waals surface area contributed by atoms with Crippen molar-refractivity contribution in [1.82, 2.24) is 9.55 Å². The Balaban J connectivity index is 1.83. The summed E-state index contributed by atoms with van der Waals surface area (Å²) in [6, 6.07) is 7.68. The minimum atomic E-state index is -1.22. The number of esters is 2. The SMILES string of the molecule is COc1ccc(C(=O)Nc2ccn([C@@H]3O[C@H](CO)[C@@H](OC(C)=O)[C@@H]3OC(C)=O)c(=O)n2)cc1. The minimum Gasteiger partial charge on any atom is -0.497 e. The van der Waals surface area contributed by atoms with Crippen LogP contribution < -0.4 is 15.7 Å². The lowest BCUT2D eigenvalue weighted by atomic mass is 10.1. The number of aliphatic hydroxyl groups is 1. The summed E-state index contributed by atoms with van der Waals surface area (Å²) in [5.74, 6) is -1.31. The van der Waals surface area contributed by atoms with Crippen molar-refractivity contribution >= 4 is 23.7 Å². The molecule has 0 aliphatic carbocycles. The number of anilines is 1. The number of aliphatic hydroxyl groups excluding tert-OH is 1. The molecule has 1 aromatic heterocycles. The lowest BCUT2D eigenvalue weighted by Gasteiger charge is -2.23. The van der Waals surface area contributed by atoms with Crippen LogP contribution in [-0.4, -0.2) is 64.5 Å². The van der Waals surface area contributed by atoms with Gasteiger partial charge < -0.3 is 29.4 Å². The van der Waals surface area contributed by atoms with Gasteiger partial charge in [-0.05, 0) is 30.3 Å². The second-order valence-electron chi connectivity index (χ2n) is 7.08. The summed E-state index contributed by atoms with van der Waals surface area (Å²) in [6.45, 7) is 1.75. The molecule has 2 N–H and O–H groups in total. The first-order valence-electron chi connectivity index (χ1n) is 9.88. The third-order valence-corrected chi connectivity index (χ3v) is 4.77. The van der Waals surface area contributed by atoms with Gasteiger partial charge in [-0.25, -0.2) is 4.79 Å². The Hall–Kier alpha value is -3.77. The van der Waals surface area contributed by atoms with E-state index < -0.39 is 54.7 Å². The van der Waals surface area contributed by atoms with Crippen LogP contribution in [0.3, 0.4) is 0 Å². The Kier molecular flexibility index (Phi) is 7.41. The van der Waals surface area contributed by atoms with Crippen LogP contribution in [0.15, 0.2) is 41.3 Å². The van der Waals surface area contributed by atoms with E-state index in [2.05, 4.69) is 10.3 Å². The van der Waals surface area contributed by atoms with Crippen molar-refractivity contribution in [1.29, 1.82) is 0 Å². The number of nitrogens with zero attached hydrogens (tertiary/aromatic N) is 2. The molecule has 3 rings (SSSR count). The molecule has 1 saturated heterocycles. The largest absolute Gasteiger partial charge is 0.497 e. The fraction of sp³-hybridized carbons (Fsp3) is 0.381. The Bertz CT molecular complexity index is 1080. The number of amides is 1. The number of aromatic nitrogens is 2. The molecule has 2 heterocycles. The number of benzene rings is 1. The number of nitrogens with one attached hydrogen (secondary N) is 1. The van der Waals surface area contributed by atoms with E-state index in [0.29, 0.717) is 11.3 Å². The van der Waals surface area contributed by atoms with Gasteiger partial charge in [0.2, 0.25) is 0 Å². The van der Waals surface area contributed by atoms with Crippen LogP contribution >= 0.6 is 0 Å². The van der Waals surface area contributed by atoms with E-state index in [9.17, 15) is 24.3 Å². The Morgan fingerprint density at radius 2 is 1.73 bits per heavy atom. The second-order valence-corrected chi connectivity index (χ2v) is 7.08. The van der Waals surface area contributed by atoms with Gasteiger partial charge in [0.1, 0.15) is 17.7 Å². The topological polar surface area (TPSA) is 155 Å². The maximum atomic E-state index is 12.7. The van der Waals surface area contributed by atoms with Crippen LogP contribution in [0.1, 0.15) is 30.4 Å². The second kappa shape index (κ2) is 10.2. The summed E-state index contributed by atoms with van der Waals surface area (Å²) in [6.07, 6.45) is -3.32. The first-order valence-corrected chi connectivity index (χ1v) is 9.88. The summed E-state index contributed by atoms with van der Waals surface area (Å²) < 4.78 is 22.1. The van der Waals surface area contributed by atoms with Crippen molar-refractivity contribution in [3.63, 3.8) is 0 Å². The number of methoxy groups -OCH3 is 1. The molecule has 12 nitrogen and oxygen atoms in total. The molecule has 0 unspecified atom stereocenters. The average molecular weight is 461 g/mol. The van der Waals surface area contributed by atoms with Gasteiger partial charge in [0.25, 0.3) is 5.91 Å². The third-order valence-electron chi connectivity index (χ3n) is 4.77. The highest BCUT2D eigenvalue weighted by atomic mass is 16.6. The molecule has 176 valence electrons. The molecule has 1 aliphatic heterocycles. The van der Waals surface area contributed by atoms with E-state index in [0.717, 1.165) is 18.4 Å². The highest BCUT2D eigenvalue weighted by Gasteiger charge is 2.50. The quantitative estimate of drug-likeness (QED) is 0.548. The first kappa shape index (κ1) is 23.9. The fourth-order valence-electron chi connectivity index (χ4n) is 3.34. The molecule has 0 spiro atoms. The van der Waals surface area contributed by atoms with Crippen molar-refractivity contribution < 1.29 is 38.4 Å². The van der Waals surface area contributed by atoms with Crippen molar-refractivity contribution in [2.24, 2.45) is 0 Å². The van der Waals surface area contributed by atoms with Gasteiger partial charge in [0.05, 0.1) is 13.7 Å². The average Bonchev–Trinajstić information content (AvgIpc) is 3.09. The Labute approximate surface area is 188 Å². The molecule has 1 amide bonds. The monoisotopic (exact) mass is 461 g/mol. The number of carbonyl (C=O) groups is 3. The fourth-order valence-corrected chi connectivity index (χ4v) is 3.34. The molecule has 33 heavy (non-hydrogen) atoms. The molecule has 4 atom stereocenters. The normalized spacial score (nSPS) is 21.8. The smallest absolute Gasteiger partial charge is 0.351 e. The molecule has 1 fully saturated rings. The van der Waals surface area contributed by atoms with Crippen LogP contribution in [0.25, 0.3) is 0 Å². The van der Waals surface area contributed by atoms with E-state index in [-0.39, 0.29) is 5.82 Å². The lowest BCUT2D eigenvalue weighted by Crippen LogP contribution is -2.41. The number of carbonyl (C=O) groups excluding carboxylic acids is 3. The van der Waals surface area contributed by atoms with Gasteiger partial charge in [0.15, 0.2) is 18.4 Å². The van der Waals surface area contributed by atoms with Gasteiger partial charge in [-0.2, -0.15) is 4.98 Å². The zero-order valence-corrected chi connectivity index (χ0v) is 18.1. The summed E-state index contributed by atoms with van der Waals surface area (Å²) in [4.78, 5) is 52.0. The van der Waals surface area contributed by atoms with Crippen molar-refractivity contribution in [2.45, 2.75) is 38.4 Å². The van der Waals surface area contributed by atoms with Crippen molar-refractivity contribution in [2.75, 3.05) is 19.0 Å².